The Hall–Kier alpha value is -3.78. The number of aromatic nitrogens is 4. The summed E-state index contributed by atoms with van der Waals surface area (Å²) in [6.45, 7) is -1.52. The van der Waals surface area contributed by atoms with Gasteiger partial charge in [-0.1, -0.05) is 11.3 Å². The summed E-state index contributed by atoms with van der Waals surface area (Å²) < 4.78 is 55.6. The summed E-state index contributed by atoms with van der Waals surface area (Å²) in [5.41, 5.74) is 1.43. The maximum absolute atomic E-state index is 14.4. The molecule has 3 aromatic heterocycles. The number of hydrogen-bond acceptors (Lipinski definition) is 4. The van der Waals surface area contributed by atoms with Gasteiger partial charge in [-0.3, -0.25) is 4.79 Å². The predicted octanol–water partition coefficient (Wildman–Crippen LogP) is 4.30. The van der Waals surface area contributed by atoms with Crippen molar-refractivity contribution in [3.63, 3.8) is 0 Å². The molecule has 11 heteroatoms. The first-order valence-corrected chi connectivity index (χ1v) is 11.1. The van der Waals surface area contributed by atoms with Crippen LogP contribution in [0, 0.1) is 12.0 Å². The van der Waals surface area contributed by atoms with Gasteiger partial charge in [0.15, 0.2) is 0 Å². The van der Waals surface area contributed by atoms with Gasteiger partial charge in [0.2, 0.25) is 0 Å². The molecule has 0 radical (unpaired) electrons. The van der Waals surface area contributed by atoms with Crippen LogP contribution >= 0.6 is 11.3 Å². The van der Waals surface area contributed by atoms with Crippen LogP contribution < -0.4 is 9.88 Å². The standard InChI is InChI=1S/C23H16F4N5OS/c24-16-2-1-3-18-15(16)4-5-19(22(33)31(18)13-23(25,26)27)32-12-17(29-30-32)21-7-6-20(34-21)14-8-10-28-11-9-14/h1-3,6-10,12,19H,4-5,13H2/q+1. The second-order valence-corrected chi connectivity index (χ2v) is 8.84. The maximum Gasteiger partial charge on any atom is 0.406 e. The molecule has 4 aromatic rings. The van der Waals surface area contributed by atoms with Gasteiger partial charge in [0, 0.05) is 22.1 Å². The van der Waals surface area contributed by atoms with Crippen LogP contribution in [0.5, 0.6) is 0 Å². The Kier molecular flexibility index (Phi) is 5.53. The SMILES string of the molecule is O=C1C(n2cc(-c3ccc(-c4cc#[n+]cc4)s3)nn2)CCc2c(F)cccc2N1CC(F)(F)F. The molecule has 1 unspecified atom stereocenters. The molecule has 1 aromatic carbocycles. The number of benzene rings is 1. The van der Waals surface area contributed by atoms with E-state index in [0.717, 1.165) is 15.3 Å². The second-order valence-electron chi connectivity index (χ2n) is 7.75. The van der Waals surface area contributed by atoms with Gasteiger partial charge < -0.3 is 4.90 Å². The Balaban J connectivity index is 1.46. The summed E-state index contributed by atoms with van der Waals surface area (Å²) in [5, 5.41) is 8.18. The summed E-state index contributed by atoms with van der Waals surface area (Å²) in [5.74, 6) is -1.45. The normalized spacial score (nSPS) is 16.2. The molecule has 0 N–H and O–H groups in total. The van der Waals surface area contributed by atoms with Crippen LogP contribution in [-0.2, 0) is 11.2 Å². The van der Waals surface area contributed by atoms with E-state index in [0.29, 0.717) is 10.6 Å². The van der Waals surface area contributed by atoms with Crippen molar-refractivity contribution >= 4 is 22.9 Å². The zero-order chi connectivity index (χ0) is 23.9. The number of halogens is 4. The van der Waals surface area contributed by atoms with E-state index in [1.807, 2.05) is 18.2 Å². The van der Waals surface area contributed by atoms with Crippen LogP contribution in [0.3, 0.4) is 0 Å². The smallest absolute Gasteiger partial charge is 0.301 e. The summed E-state index contributed by atoms with van der Waals surface area (Å²) in [6, 6.07) is 10.1. The minimum absolute atomic E-state index is 0.0674. The van der Waals surface area contributed by atoms with E-state index < -0.39 is 30.5 Å². The number of fused-ring (bicyclic) bond motifs is 1. The molecule has 0 saturated carbocycles. The third-order valence-corrected chi connectivity index (χ3v) is 6.69. The molecule has 0 fully saturated rings. The Morgan fingerprint density at radius 2 is 2.00 bits per heavy atom. The number of alkyl halides is 3. The fraction of sp³-hybridized carbons (Fsp3) is 0.217. The van der Waals surface area contributed by atoms with Gasteiger partial charge >= 0.3 is 18.6 Å². The number of carbonyl (C=O) groups is 1. The summed E-state index contributed by atoms with van der Waals surface area (Å²) >= 11 is 1.45. The third kappa shape index (κ3) is 4.24. The molecule has 0 aliphatic carbocycles. The Morgan fingerprint density at radius 1 is 1.18 bits per heavy atom. The lowest BCUT2D eigenvalue weighted by molar-refractivity contribution is -0.293. The highest BCUT2D eigenvalue weighted by atomic mass is 32.1. The van der Waals surface area contributed by atoms with Crippen molar-refractivity contribution < 1.29 is 27.3 Å². The van der Waals surface area contributed by atoms with E-state index in [9.17, 15) is 22.4 Å². The van der Waals surface area contributed by atoms with Crippen LogP contribution in [0.1, 0.15) is 18.0 Å². The van der Waals surface area contributed by atoms with Crippen LogP contribution in [0.15, 0.2) is 54.9 Å². The van der Waals surface area contributed by atoms with E-state index in [2.05, 4.69) is 21.5 Å². The molecular weight excluding hydrogens is 470 g/mol. The molecule has 34 heavy (non-hydrogen) atoms. The Bertz CT molecular complexity index is 1330. The minimum Gasteiger partial charge on any atom is -0.301 e. The van der Waals surface area contributed by atoms with E-state index in [4.69, 9.17) is 0 Å². The molecule has 6 nitrogen and oxygen atoms in total. The molecule has 0 bridgehead atoms. The van der Waals surface area contributed by atoms with E-state index in [-0.39, 0.29) is 24.1 Å². The molecule has 1 atom stereocenters. The highest BCUT2D eigenvalue weighted by Gasteiger charge is 2.40. The Morgan fingerprint density at radius 3 is 2.76 bits per heavy atom. The molecule has 0 saturated heterocycles. The quantitative estimate of drug-likeness (QED) is 0.404. The average molecular weight is 486 g/mol. The first-order valence-electron chi connectivity index (χ1n) is 10.3. The van der Waals surface area contributed by atoms with Crippen molar-refractivity contribution in [1.29, 1.82) is 0 Å². The van der Waals surface area contributed by atoms with Crippen LogP contribution in [0.25, 0.3) is 21.0 Å². The van der Waals surface area contributed by atoms with Gasteiger partial charge in [0.1, 0.15) is 24.1 Å². The predicted molar refractivity (Wildman–Crippen MR) is 115 cm³/mol. The number of rotatable bonds is 4. The zero-order valence-electron chi connectivity index (χ0n) is 17.5. The molecule has 1 aliphatic rings. The third-order valence-electron chi connectivity index (χ3n) is 5.54. The fourth-order valence-corrected chi connectivity index (χ4v) is 4.93. The van der Waals surface area contributed by atoms with E-state index in [1.165, 1.54) is 40.4 Å². The molecule has 0 spiro atoms. The zero-order valence-corrected chi connectivity index (χ0v) is 18.3. The van der Waals surface area contributed by atoms with Crippen molar-refractivity contribution in [3.8, 4) is 21.0 Å². The lowest BCUT2D eigenvalue weighted by Crippen LogP contribution is -2.42. The largest absolute Gasteiger partial charge is 0.406 e. The molecular formula is C23H16F4N5OS+. The van der Waals surface area contributed by atoms with Gasteiger partial charge in [0.25, 0.3) is 5.91 Å². The first-order chi connectivity index (χ1) is 16.3. The van der Waals surface area contributed by atoms with Gasteiger partial charge in [-0.25, -0.2) is 9.07 Å². The number of anilines is 1. The summed E-state index contributed by atoms with van der Waals surface area (Å²) in [4.78, 5) is 19.5. The van der Waals surface area contributed by atoms with Crippen molar-refractivity contribution in [2.45, 2.75) is 25.1 Å². The number of thiophene rings is 1. The van der Waals surface area contributed by atoms with Crippen LogP contribution in [0.2, 0.25) is 0 Å². The topological polar surface area (TPSA) is 65.1 Å². The number of amides is 1. The minimum atomic E-state index is -4.65. The highest BCUT2D eigenvalue weighted by molar-refractivity contribution is 7.18. The van der Waals surface area contributed by atoms with Gasteiger partial charge in [-0.2, -0.15) is 13.2 Å². The van der Waals surface area contributed by atoms with Crippen molar-refractivity contribution in [2.24, 2.45) is 0 Å². The van der Waals surface area contributed by atoms with Gasteiger partial charge in [-0.15, -0.1) is 16.4 Å². The fourth-order valence-electron chi connectivity index (χ4n) is 3.98. The van der Waals surface area contributed by atoms with Crippen LogP contribution in [-0.4, -0.2) is 33.6 Å². The lowest BCUT2D eigenvalue weighted by Gasteiger charge is -2.26. The lowest BCUT2D eigenvalue weighted by atomic mass is 10.1. The average Bonchev–Trinajstić information content (AvgIpc) is 3.46. The summed E-state index contributed by atoms with van der Waals surface area (Å²) in [6.07, 6.45) is 1.47. The highest BCUT2D eigenvalue weighted by Crippen LogP contribution is 2.36. The Labute approximate surface area is 195 Å². The molecule has 172 valence electrons. The summed E-state index contributed by atoms with van der Waals surface area (Å²) in [7, 11) is 0. The van der Waals surface area contributed by atoms with E-state index in [1.54, 1.807) is 12.3 Å². The van der Waals surface area contributed by atoms with E-state index >= 15 is 0 Å². The maximum atomic E-state index is 14.4. The van der Waals surface area contributed by atoms with Crippen molar-refractivity contribution in [1.82, 2.24) is 15.0 Å². The van der Waals surface area contributed by atoms with Crippen molar-refractivity contribution in [3.05, 3.63) is 72.4 Å². The molecule has 5 rings (SSSR count). The monoisotopic (exact) mass is 486 g/mol. The number of hydrogen-bond donors (Lipinski definition) is 0. The first kappa shape index (κ1) is 22.0. The van der Waals surface area contributed by atoms with Crippen molar-refractivity contribution in [2.75, 3.05) is 11.4 Å². The van der Waals surface area contributed by atoms with Gasteiger partial charge in [0.05, 0.1) is 22.8 Å². The number of carbonyl (C=O) groups excluding carboxylic acids is 1. The van der Waals surface area contributed by atoms with Gasteiger partial charge in [-0.05, 0) is 42.1 Å². The molecule has 1 aliphatic heterocycles. The number of nitrogens with zero attached hydrogens (tertiary/aromatic N) is 5. The van der Waals surface area contributed by atoms with Crippen LogP contribution in [0.4, 0.5) is 23.2 Å². The second kappa shape index (κ2) is 8.53. The molecule has 4 heterocycles. The molecule has 1 amide bonds.